The molecule has 5 nitrogen and oxygen atoms in total. The number of ether oxygens (including phenoxy) is 3. The van der Waals surface area contributed by atoms with E-state index in [0.29, 0.717) is 22.8 Å². The number of carboxylic acid groups (broad SMARTS) is 1. The van der Waals surface area contributed by atoms with E-state index in [0.717, 1.165) is 6.08 Å². The average Bonchev–Trinajstić information content (AvgIpc) is 2.75. The van der Waals surface area contributed by atoms with Crippen molar-refractivity contribution in [2.45, 2.75) is 0 Å². The van der Waals surface area contributed by atoms with Gasteiger partial charge in [-0.15, -0.1) is 0 Å². The van der Waals surface area contributed by atoms with Crippen LogP contribution in [0.3, 0.4) is 0 Å². The topological polar surface area (TPSA) is 65.0 Å². The zero-order valence-corrected chi connectivity index (χ0v) is 8.90. The third-order valence-corrected chi connectivity index (χ3v) is 2.18. The predicted molar refractivity (Wildman–Crippen MR) is 55.8 cm³/mol. The minimum Gasteiger partial charge on any atom is -0.493 e. The van der Waals surface area contributed by atoms with Crippen molar-refractivity contribution in [2.75, 3.05) is 13.9 Å². The van der Waals surface area contributed by atoms with Crippen molar-refractivity contribution in [3.8, 4) is 17.2 Å². The average molecular weight is 240 g/mol. The van der Waals surface area contributed by atoms with E-state index in [-0.39, 0.29) is 6.79 Å². The van der Waals surface area contributed by atoms with Crippen LogP contribution in [0.5, 0.6) is 17.2 Å². The SMILES string of the molecule is COc1cc(/C=C(/F)C(=O)O)cc2c1OCO2. The van der Waals surface area contributed by atoms with Crippen LogP contribution in [0.4, 0.5) is 4.39 Å². The Balaban J connectivity index is 2.44. The monoisotopic (exact) mass is 240 g/mol. The van der Waals surface area contributed by atoms with E-state index in [1.807, 2.05) is 0 Å². The second kappa shape index (κ2) is 4.32. The van der Waals surface area contributed by atoms with Crippen LogP contribution < -0.4 is 14.2 Å². The van der Waals surface area contributed by atoms with Crippen molar-refractivity contribution >= 4 is 12.0 Å². The van der Waals surface area contributed by atoms with E-state index in [2.05, 4.69) is 0 Å². The number of fused-ring (bicyclic) bond motifs is 1. The van der Waals surface area contributed by atoms with Gasteiger partial charge >= 0.3 is 5.97 Å². The molecule has 0 unspecified atom stereocenters. The Morgan fingerprint density at radius 2 is 2.29 bits per heavy atom. The van der Waals surface area contributed by atoms with Crippen LogP contribution in [0.25, 0.3) is 6.08 Å². The molecule has 0 fully saturated rings. The highest BCUT2D eigenvalue weighted by atomic mass is 19.1. The fourth-order valence-electron chi connectivity index (χ4n) is 1.44. The van der Waals surface area contributed by atoms with Gasteiger partial charge in [0.25, 0.3) is 0 Å². The Hall–Kier alpha value is -2.24. The minimum atomic E-state index is -1.62. The molecule has 1 aromatic rings. The van der Waals surface area contributed by atoms with Gasteiger partial charge in [-0.2, -0.15) is 4.39 Å². The largest absolute Gasteiger partial charge is 0.493 e. The summed E-state index contributed by atoms with van der Waals surface area (Å²) in [5, 5.41) is 8.43. The molecule has 0 aliphatic carbocycles. The molecule has 0 amide bonds. The van der Waals surface area contributed by atoms with Crippen LogP contribution in [0.15, 0.2) is 18.0 Å². The van der Waals surface area contributed by atoms with E-state index in [9.17, 15) is 9.18 Å². The molecule has 90 valence electrons. The molecule has 1 aliphatic rings. The number of carboxylic acids is 1. The molecule has 0 spiro atoms. The Labute approximate surface area is 96.0 Å². The molecule has 1 N–H and O–H groups in total. The normalized spacial score (nSPS) is 13.6. The first-order valence-corrected chi connectivity index (χ1v) is 4.70. The van der Waals surface area contributed by atoms with Gasteiger partial charge in [0.15, 0.2) is 11.5 Å². The van der Waals surface area contributed by atoms with Crippen LogP contribution in [-0.4, -0.2) is 25.0 Å². The van der Waals surface area contributed by atoms with E-state index in [4.69, 9.17) is 19.3 Å². The summed E-state index contributed by atoms with van der Waals surface area (Å²) in [7, 11) is 1.43. The Kier molecular flexibility index (Phi) is 2.86. The molecule has 1 aromatic carbocycles. The summed E-state index contributed by atoms with van der Waals surface area (Å²) < 4.78 is 28.3. The third-order valence-electron chi connectivity index (χ3n) is 2.18. The fraction of sp³-hybridized carbons (Fsp3) is 0.182. The molecule has 0 saturated heterocycles. The quantitative estimate of drug-likeness (QED) is 0.816. The molecule has 2 rings (SSSR count). The number of carbonyl (C=O) groups is 1. The van der Waals surface area contributed by atoms with Gasteiger partial charge in [0.1, 0.15) is 0 Å². The summed E-state index contributed by atoms with van der Waals surface area (Å²) in [5.74, 6) is -1.69. The number of methoxy groups -OCH3 is 1. The summed E-state index contributed by atoms with van der Waals surface area (Å²) in [4.78, 5) is 10.4. The van der Waals surface area contributed by atoms with Gasteiger partial charge in [0.2, 0.25) is 18.4 Å². The van der Waals surface area contributed by atoms with Gasteiger partial charge in [0, 0.05) is 0 Å². The lowest BCUT2D eigenvalue weighted by Gasteiger charge is -2.05. The maximum atomic E-state index is 12.9. The number of rotatable bonds is 3. The summed E-state index contributed by atoms with van der Waals surface area (Å²) >= 11 is 0. The second-order valence-electron chi connectivity index (χ2n) is 3.25. The molecule has 1 aliphatic heterocycles. The van der Waals surface area contributed by atoms with Gasteiger partial charge in [-0.3, -0.25) is 0 Å². The van der Waals surface area contributed by atoms with Crippen molar-refractivity contribution in [3.05, 3.63) is 23.5 Å². The maximum Gasteiger partial charge on any atom is 0.364 e. The lowest BCUT2D eigenvalue weighted by molar-refractivity contribution is -0.134. The van der Waals surface area contributed by atoms with Crippen LogP contribution in [-0.2, 0) is 4.79 Å². The van der Waals surface area contributed by atoms with Crippen molar-refractivity contribution < 1.29 is 28.5 Å². The van der Waals surface area contributed by atoms with Gasteiger partial charge in [-0.1, -0.05) is 0 Å². The lowest BCUT2D eigenvalue weighted by Crippen LogP contribution is -1.94. The van der Waals surface area contributed by atoms with Gasteiger partial charge in [-0.25, -0.2) is 4.79 Å². The minimum absolute atomic E-state index is 0.0558. The fourth-order valence-corrected chi connectivity index (χ4v) is 1.44. The first-order chi connectivity index (χ1) is 8.11. The van der Waals surface area contributed by atoms with Crippen molar-refractivity contribution in [1.29, 1.82) is 0 Å². The van der Waals surface area contributed by atoms with Crippen LogP contribution in [0, 0.1) is 0 Å². The summed E-state index contributed by atoms with van der Waals surface area (Å²) in [6.07, 6.45) is 0.882. The zero-order chi connectivity index (χ0) is 12.4. The molecule has 1 heterocycles. The second-order valence-corrected chi connectivity index (χ2v) is 3.25. The summed E-state index contributed by atoms with van der Waals surface area (Å²) in [6.45, 7) is 0.0558. The van der Waals surface area contributed by atoms with Crippen molar-refractivity contribution in [2.24, 2.45) is 0 Å². The molecule has 6 heteroatoms. The Morgan fingerprint density at radius 3 is 2.94 bits per heavy atom. The van der Waals surface area contributed by atoms with E-state index in [1.165, 1.54) is 19.2 Å². The summed E-state index contributed by atoms with van der Waals surface area (Å²) in [6, 6.07) is 2.95. The van der Waals surface area contributed by atoms with E-state index >= 15 is 0 Å². The molecule has 17 heavy (non-hydrogen) atoms. The molecular weight excluding hydrogens is 231 g/mol. The first kappa shape index (κ1) is 11.3. The van der Waals surface area contributed by atoms with Gasteiger partial charge in [-0.05, 0) is 23.8 Å². The third kappa shape index (κ3) is 2.15. The molecule has 0 atom stereocenters. The highest BCUT2D eigenvalue weighted by Gasteiger charge is 2.20. The molecule has 0 saturated carbocycles. The highest BCUT2D eigenvalue weighted by Crippen LogP contribution is 2.42. The number of benzene rings is 1. The number of aliphatic carboxylic acids is 1. The van der Waals surface area contributed by atoms with Crippen LogP contribution in [0.2, 0.25) is 0 Å². The van der Waals surface area contributed by atoms with Crippen LogP contribution >= 0.6 is 0 Å². The predicted octanol–water partition coefficient (Wildman–Crippen LogP) is 1.82. The number of hydrogen-bond acceptors (Lipinski definition) is 4. The molecule has 0 aromatic heterocycles. The maximum absolute atomic E-state index is 12.9. The number of halogens is 1. The number of hydrogen-bond donors (Lipinski definition) is 1. The van der Waals surface area contributed by atoms with E-state index in [1.54, 1.807) is 0 Å². The lowest BCUT2D eigenvalue weighted by atomic mass is 10.1. The standard InChI is InChI=1S/C11H9FO5/c1-15-8-3-6(2-7(12)11(13)14)4-9-10(8)17-5-16-9/h2-4H,5H2,1H3,(H,13,14)/b7-2+. The first-order valence-electron chi connectivity index (χ1n) is 4.70. The Bertz CT molecular complexity index is 495. The smallest absolute Gasteiger partial charge is 0.364 e. The van der Waals surface area contributed by atoms with Crippen molar-refractivity contribution in [1.82, 2.24) is 0 Å². The van der Waals surface area contributed by atoms with Crippen molar-refractivity contribution in [3.63, 3.8) is 0 Å². The van der Waals surface area contributed by atoms with Gasteiger partial charge in [0.05, 0.1) is 7.11 Å². The summed E-state index contributed by atoms with van der Waals surface area (Å²) in [5.41, 5.74) is 0.325. The molecule has 0 radical (unpaired) electrons. The highest BCUT2D eigenvalue weighted by molar-refractivity contribution is 5.89. The van der Waals surface area contributed by atoms with Crippen LogP contribution in [0.1, 0.15) is 5.56 Å². The molecule has 0 bridgehead atoms. The zero-order valence-electron chi connectivity index (χ0n) is 8.90. The van der Waals surface area contributed by atoms with Gasteiger partial charge < -0.3 is 19.3 Å². The molecular formula is C11H9FO5. The Morgan fingerprint density at radius 1 is 1.53 bits per heavy atom. The van der Waals surface area contributed by atoms with E-state index < -0.39 is 11.8 Å².